The van der Waals surface area contributed by atoms with Gasteiger partial charge in [0.25, 0.3) is 12.3 Å². The third-order valence-electron chi connectivity index (χ3n) is 1.35. The molecule has 0 bridgehead atoms. The Kier molecular flexibility index (Phi) is 4.16. The zero-order valence-corrected chi connectivity index (χ0v) is 8.69. The number of aromatic nitrogens is 2. The van der Waals surface area contributed by atoms with Crippen molar-refractivity contribution in [2.75, 3.05) is 6.54 Å². The molecule has 0 aliphatic rings. The van der Waals surface area contributed by atoms with Gasteiger partial charge in [-0.2, -0.15) is 0 Å². The molecule has 0 aliphatic heterocycles. The summed E-state index contributed by atoms with van der Waals surface area (Å²) >= 11 is 11.0. The number of nitrogens with one attached hydrogen (secondary N) is 1. The van der Waals surface area contributed by atoms with Crippen LogP contribution in [0.15, 0.2) is 6.07 Å². The second kappa shape index (κ2) is 5.18. The van der Waals surface area contributed by atoms with Crippen molar-refractivity contribution in [2.24, 2.45) is 0 Å². The Morgan fingerprint density at radius 3 is 2.67 bits per heavy atom. The summed E-state index contributed by atoms with van der Waals surface area (Å²) in [5, 5.41) is 8.67. The van der Waals surface area contributed by atoms with Crippen LogP contribution in [0.5, 0.6) is 0 Å². The van der Waals surface area contributed by atoms with Gasteiger partial charge in [-0.15, -0.1) is 10.2 Å². The lowest BCUT2D eigenvalue weighted by Gasteiger charge is -2.04. The Hall–Kier alpha value is -1.01. The molecule has 4 nitrogen and oxygen atoms in total. The first-order valence-corrected chi connectivity index (χ1v) is 4.51. The maximum absolute atomic E-state index is 11.8. The van der Waals surface area contributed by atoms with E-state index >= 15 is 0 Å². The number of amides is 1. The van der Waals surface area contributed by atoms with Crippen LogP contribution in [0.25, 0.3) is 0 Å². The van der Waals surface area contributed by atoms with Gasteiger partial charge in [0, 0.05) is 0 Å². The van der Waals surface area contributed by atoms with E-state index in [-0.39, 0.29) is 15.9 Å². The van der Waals surface area contributed by atoms with Crippen molar-refractivity contribution < 1.29 is 13.6 Å². The number of nitrogens with zero attached hydrogens (tertiary/aromatic N) is 2. The summed E-state index contributed by atoms with van der Waals surface area (Å²) in [5.41, 5.74) is -0.235. The summed E-state index contributed by atoms with van der Waals surface area (Å²) in [6.45, 7) is -0.764. The first-order valence-electron chi connectivity index (χ1n) is 3.75. The Morgan fingerprint density at radius 2 is 2.13 bits per heavy atom. The molecular weight excluding hydrogens is 251 g/mol. The van der Waals surface area contributed by atoms with Crippen molar-refractivity contribution in [3.8, 4) is 0 Å². The van der Waals surface area contributed by atoms with Gasteiger partial charge in [-0.05, 0) is 6.07 Å². The van der Waals surface area contributed by atoms with Crippen molar-refractivity contribution in [1.82, 2.24) is 15.5 Å². The molecule has 0 fully saturated rings. The van der Waals surface area contributed by atoms with E-state index in [1.807, 2.05) is 5.32 Å². The van der Waals surface area contributed by atoms with Crippen LogP contribution in [-0.4, -0.2) is 29.1 Å². The van der Waals surface area contributed by atoms with Crippen LogP contribution >= 0.6 is 23.2 Å². The van der Waals surface area contributed by atoms with Crippen LogP contribution in [0.1, 0.15) is 10.5 Å². The number of rotatable bonds is 3. The lowest BCUT2D eigenvalue weighted by Crippen LogP contribution is -2.29. The van der Waals surface area contributed by atoms with E-state index in [0.29, 0.717) is 0 Å². The van der Waals surface area contributed by atoms with Crippen LogP contribution in [0.2, 0.25) is 10.2 Å². The van der Waals surface area contributed by atoms with Gasteiger partial charge in [-0.25, -0.2) is 8.78 Å². The summed E-state index contributed by atoms with van der Waals surface area (Å²) in [5.74, 6) is -0.815. The largest absolute Gasteiger partial charge is 0.345 e. The maximum atomic E-state index is 11.8. The Labute approximate surface area is 93.6 Å². The average molecular weight is 256 g/mol. The minimum atomic E-state index is -2.63. The summed E-state index contributed by atoms with van der Waals surface area (Å²) in [7, 11) is 0. The van der Waals surface area contributed by atoms with Crippen LogP contribution in [0.3, 0.4) is 0 Å². The molecule has 1 amide bonds. The standard InChI is InChI=1S/C7H5Cl2F2N3O/c8-3-1-4(9)13-14-6(3)7(15)12-2-5(10)11/h1,5H,2H2,(H,12,15). The monoisotopic (exact) mass is 255 g/mol. The zero-order valence-electron chi connectivity index (χ0n) is 7.18. The van der Waals surface area contributed by atoms with E-state index in [2.05, 4.69) is 10.2 Å². The van der Waals surface area contributed by atoms with E-state index in [9.17, 15) is 13.6 Å². The highest BCUT2D eigenvalue weighted by atomic mass is 35.5. The van der Waals surface area contributed by atoms with Crippen LogP contribution in [0.4, 0.5) is 8.78 Å². The van der Waals surface area contributed by atoms with Gasteiger partial charge in [0.15, 0.2) is 10.8 Å². The first kappa shape index (κ1) is 12.1. The molecule has 15 heavy (non-hydrogen) atoms. The Morgan fingerprint density at radius 1 is 1.47 bits per heavy atom. The molecule has 8 heteroatoms. The predicted molar refractivity (Wildman–Crippen MR) is 50.4 cm³/mol. The number of alkyl halides is 2. The van der Waals surface area contributed by atoms with E-state index in [1.165, 1.54) is 6.07 Å². The van der Waals surface area contributed by atoms with Crippen LogP contribution in [0, 0.1) is 0 Å². The topological polar surface area (TPSA) is 54.9 Å². The molecule has 0 radical (unpaired) electrons. The van der Waals surface area contributed by atoms with Gasteiger partial charge in [-0.1, -0.05) is 23.2 Å². The maximum Gasteiger partial charge on any atom is 0.273 e. The summed E-state index contributed by atoms with van der Waals surface area (Å²) in [6, 6.07) is 1.20. The Bertz CT molecular complexity index is 375. The SMILES string of the molecule is O=C(NCC(F)F)c1nnc(Cl)cc1Cl. The van der Waals surface area contributed by atoms with E-state index in [1.54, 1.807) is 0 Å². The van der Waals surface area contributed by atoms with Crippen molar-refractivity contribution in [3.63, 3.8) is 0 Å². The second-order valence-corrected chi connectivity index (χ2v) is 3.26. The van der Waals surface area contributed by atoms with Gasteiger partial charge in [0.1, 0.15) is 0 Å². The minimum Gasteiger partial charge on any atom is -0.345 e. The molecule has 1 aromatic heterocycles. The number of halogens is 4. The molecule has 82 valence electrons. The molecule has 1 rings (SSSR count). The van der Waals surface area contributed by atoms with Crippen molar-refractivity contribution in [2.45, 2.75) is 6.43 Å². The minimum absolute atomic E-state index is 0.0189. The lowest BCUT2D eigenvalue weighted by atomic mass is 10.3. The second-order valence-electron chi connectivity index (χ2n) is 2.46. The van der Waals surface area contributed by atoms with Gasteiger partial charge in [0.2, 0.25) is 0 Å². The molecule has 0 spiro atoms. The van der Waals surface area contributed by atoms with Crippen molar-refractivity contribution in [1.29, 1.82) is 0 Å². The molecule has 0 atom stereocenters. The molecule has 0 aliphatic carbocycles. The highest BCUT2D eigenvalue weighted by Gasteiger charge is 2.14. The molecule has 1 N–H and O–H groups in total. The Balaban J connectivity index is 2.74. The van der Waals surface area contributed by atoms with Gasteiger partial charge >= 0.3 is 0 Å². The van der Waals surface area contributed by atoms with Gasteiger partial charge in [0.05, 0.1) is 11.6 Å². The summed E-state index contributed by atoms with van der Waals surface area (Å²) in [4.78, 5) is 11.2. The predicted octanol–water partition coefficient (Wildman–Crippen LogP) is 1.78. The quantitative estimate of drug-likeness (QED) is 0.896. The summed E-state index contributed by atoms with van der Waals surface area (Å²) < 4.78 is 23.5. The summed E-state index contributed by atoms with van der Waals surface area (Å²) in [6.07, 6.45) is -2.63. The molecule has 0 aromatic carbocycles. The molecule has 0 saturated carbocycles. The average Bonchev–Trinajstić information content (AvgIpc) is 2.14. The lowest BCUT2D eigenvalue weighted by molar-refractivity contribution is 0.0886. The number of hydrogen-bond acceptors (Lipinski definition) is 3. The van der Waals surface area contributed by atoms with Crippen molar-refractivity contribution >= 4 is 29.1 Å². The third-order valence-corrected chi connectivity index (χ3v) is 1.82. The third kappa shape index (κ3) is 3.56. The van der Waals surface area contributed by atoms with Crippen LogP contribution in [-0.2, 0) is 0 Å². The van der Waals surface area contributed by atoms with E-state index in [0.717, 1.165) is 0 Å². The highest BCUT2D eigenvalue weighted by molar-refractivity contribution is 6.35. The fourth-order valence-electron chi connectivity index (χ4n) is 0.755. The number of carbonyl (C=O) groups is 1. The van der Waals surface area contributed by atoms with Crippen molar-refractivity contribution in [3.05, 3.63) is 21.9 Å². The fourth-order valence-corrected chi connectivity index (χ4v) is 1.18. The number of hydrogen-bond donors (Lipinski definition) is 1. The van der Waals surface area contributed by atoms with Crippen LogP contribution < -0.4 is 5.32 Å². The molecular formula is C7H5Cl2F2N3O. The zero-order chi connectivity index (χ0) is 11.4. The van der Waals surface area contributed by atoms with Gasteiger partial charge in [-0.3, -0.25) is 4.79 Å². The number of carbonyl (C=O) groups excluding carboxylic acids is 1. The van der Waals surface area contributed by atoms with E-state index < -0.39 is 18.9 Å². The smallest absolute Gasteiger partial charge is 0.273 e. The fraction of sp³-hybridized carbons (Fsp3) is 0.286. The first-order chi connectivity index (χ1) is 7.00. The molecule has 0 saturated heterocycles. The van der Waals surface area contributed by atoms with Gasteiger partial charge < -0.3 is 5.32 Å². The van der Waals surface area contributed by atoms with E-state index in [4.69, 9.17) is 23.2 Å². The molecule has 1 aromatic rings. The molecule has 1 heterocycles. The molecule has 0 unspecified atom stereocenters. The normalized spacial score (nSPS) is 10.5. The highest BCUT2D eigenvalue weighted by Crippen LogP contribution is 2.15.